The second-order valence-corrected chi connectivity index (χ2v) is 5.27. The van der Waals surface area contributed by atoms with Crippen LogP contribution in [0.5, 0.6) is 0 Å². The summed E-state index contributed by atoms with van der Waals surface area (Å²) >= 11 is 6.08. The van der Waals surface area contributed by atoms with Crippen molar-refractivity contribution < 1.29 is 0 Å². The highest BCUT2D eigenvalue weighted by Gasteiger charge is 2.23. The van der Waals surface area contributed by atoms with Crippen LogP contribution in [0.15, 0.2) is 24.3 Å². The highest BCUT2D eigenvalue weighted by atomic mass is 35.5. The fourth-order valence-electron chi connectivity index (χ4n) is 2.66. The fraction of sp³-hybridized carbons (Fsp3) is 0.571. The van der Waals surface area contributed by atoms with Gasteiger partial charge in [-0.15, -0.1) is 0 Å². The van der Waals surface area contributed by atoms with Gasteiger partial charge in [0.25, 0.3) is 0 Å². The van der Waals surface area contributed by atoms with Gasteiger partial charge in [0.2, 0.25) is 0 Å². The van der Waals surface area contributed by atoms with Gasteiger partial charge in [-0.3, -0.25) is 4.90 Å². The molecular formula is C14H21ClN2. The van der Waals surface area contributed by atoms with E-state index in [9.17, 15) is 0 Å². The number of nitrogens with zero attached hydrogens (tertiary/aromatic N) is 1. The normalized spacial score (nSPS) is 23.6. The van der Waals surface area contributed by atoms with Crippen molar-refractivity contribution in [3.63, 3.8) is 0 Å². The summed E-state index contributed by atoms with van der Waals surface area (Å²) in [4.78, 5) is 2.56. The minimum absolute atomic E-state index is 0.498. The quantitative estimate of drug-likeness (QED) is 0.890. The lowest BCUT2D eigenvalue weighted by Gasteiger charge is -2.37. The molecule has 0 aromatic heterocycles. The fourth-order valence-corrected chi connectivity index (χ4v) is 2.86. The number of hydrogen-bond acceptors (Lipinski definition) is 2. The van der Waals surface area contributed by atoms with Crippen LogP contribution < -0.4 is 5.32 Å². The molecule has 0 saturated carbocycles. The first-order valence-electron chi connectivity index (χ1n) is 6.43. The maximum atomic E-state index is 6.08. The predicted molar refractivity (Wildman–Crippen MR) is 73.5 cm³/mol. The molecule has 1 saturated heterocycles. The van der Waals surface area contributed by atoms with E-state index in [0.29, 0.717) is 12.1 Å². The smallest absolute Gasteiger partial charge is 0.0409 e. The van der Waals surface area contributed by atoms with E-state index in [-0.39, 0.29) is 0 Å². The average Bonchev–Trinajstić information content (AvgIpc) is 2.30. The van der Waals surface area contributed by atoms with Gasteiger partial charge in [0.05, 0.1) is 0 Å². The van der Waals surface area contributed by atoms with Crippen molar-refractivity contribution in [3.05, 3.63) is 34.9 Å². The van der Waals surface area contributed by atoms with E-state index in [1.54, 1.807) is 0 Å². The number of piperazine rings is 1. The van der Waals surface area contributed by atoms with Crippen LogP contribution in [0.4, 0.5) is 0 Å². The molecule has 3 heteroatoms. The highest BCUT2D eigenvalue weighted by Crippen LogP contribution is 2.26. The SMILES string of the molecule is CCC(c1cccc(Cl)c1)N1CCNC(C)C1. The van der Waals surface area contributed by atoms with Crippen molar-refractivity contribution in [2.75, 3.05) is 19.6 Å². The van der Waals surface area contributed by atoms with Crippen LogP contribution in [-0.2, 0) is 0 Å². The van der Waals surface area contributed by atoms with Crippen molar-refractivity contribution in [2.24, 2.45) is 0 Å². The van der Waals surface area contributed by atoms with E-state index in [1.807, 2.05) is 12.1 Å². The van der Waals surface area contributed by atoms with Gasteiger partial charge in [0, 0.05) is 36.7 Å². The molecule has 0 radical (unpaired) electrons. The van der Waals surface area contributed by atoms with Crippen molar-refractivity contribution in [3.8, 4) is 0 Å². The van der Waals surface area contributed by atoms with Gasteiger partial charge in [0.15, 0.2) is 0 Å². The Labute approximate surface area is 109 Å². The first-order valence-corrected chi connectivity index (χ1v) is 6.81. The summed E-state index contributed by atoms with van der Waals surface area (Å²) in [5, 5.41) is 4.32. The van der Waals surface area contributed by atoms with Crippen molar-refractivity contribution in [1.29, 1.82) is 0 Å². The van der Waals surface area contributed by atoms with E-state index in [2.05, 4.69) is 36.2 Å². The average molecular weight is 253 g/mol. The van der Waals surface area contributed by atoms with E-state index in [1.165, 1.54) is 5.56 Å². The zero-order valence-electron chi connectivity index (χ0n) is 10.6. The van der Waals surface area contributed by atoms with E-state index >= 15 is 0 Å². The lowest BCUT2D eigenvalue weighted by molar-refractivity contribution is 0.145. The molecule has 1 aromatic carbocycles. The van der Waals surface area contributed by atoms with Crippen LogP contribution in [0, 0.1) is 0 Å². The summed E-state index contributed by atoms with van der Waals surface area (Å²) in [6.07, 6.45) is 1.13. The number of hydrogen-bond donors (Lipinski definition) is 1. The lowest BCUT2D eigenvalue weighted by atomic mass is 10.0. The Bertz CT molecular complexity index is 367. The Morgan fingerprint density at radius 1 is 1.53 bits per heavy atom. The summed E-state index contributed by atoms with van der Waals surface area (Å²) in [5.74, 6) is 0. The molecule has 1 aliphatic heterocycles. The van der Waals surface area contributed by atoms with Gasteiger partial charge in [0.1, 0.15) is 0 Å². The molecular weight excluding hydrogens is 232 g/mol. The maximum Gasteiger partial charge on any atom is 0.0409 e. The molecule has 2 atom stereocenters. The van der Waals surface area contributed by atoms with Gasteiger partial charge >= 0.3 is 0 Å². The first kappa shape index (κ1) is 12.9. The molecule has 2 unspecified atom stereocenters. The minimum Gasteiger partial charge on any atom is -0.312 e. The molecule has 2 rings (SSSR count). The molecule has 94 valence electrons. The Morgan fingerprint density at radius 2 is 2.35 bits per heavy atom. The van der Waals surface area contributed by atoms with Crippen LogP contribution in [0.25, 0.3) is 0 Å². The van der Waals surface area contributed by atoms with Crippen LogP contribution >= 0.6 is 11.6 Å². The summed E-state index contributed by atoms with van der Waals surface area (Å²) < 4.78 is 0. The minimum atomic E-state index is 0.498. The monoisotopic (exact) mass is 252 g/mol. The molecule has 0 aliphatic carbocycles. The molecule has 1 fully saturated rings. The summed E-state index contributed by atoms with van der Waals surface area (Å²) in [7, 11) is 0. The summed E-state index contributed by atoms with van der Waals surface area (Å²) in [6, 6.07) is 9.36. The standard InChI is InChI=1S/C14H21ClN2/c1-3-14(12-5-4-6-13(15)9-12)17-8-7-16-11(2)10-17/h4-6,9,11,14,16H,3,7-8,10H2,1-2H3. The molecule has 0 amide bonds. The Morgan fingerprint density at radius 3 is 3.00 bits per heavy atom. The van der Waals surface area contributed by atoms with Gasteiger partial charge in [-0.2, -0.15) is 0 Å². The lowest BCUT2D eigenvalue weighted by Crippen LogP contribution is -2.50. The Balaban J connectivity index is 2.15. The maximum absolute atomic E-state index is 6.08. The van der Waals surface area contributed by atoms with Crippen LogP contribution in [0.1, 0.15) is 31.9 Å². The van der Waals surface area contributed by atoms with E-state index in [0.717, 1.165) is 31.1 Å². The molecule has 17 heavy (non-hydrogen) atoms. The number of rotatable bonds is 3. The summed E-state index contributed by atoms with van der Waals surface area (Å²) in [5.41, 5.74) is 1.34. The van der Waals surface area contributed by atoms with Gasteiger partial charge in [-0.05, 0) is 31.0 Å². The second-order valence-electron chi connectivity index (χ2n) is 4.83. The molecule has 2 nitrogen and oxygen atoms in total. The third-order valence-electron chi connectivity index (χ3n) is 3.46. The van der Waals surface area contributed by atoms with E-state index in [4.69, 9.17) is 11.6 Å². The molecule has 1 heterocycles. The third kappa shape index (κ3) is 3.21. The number of nitrogens with one attached hydrogen (secondary N) is 1. The van der Waals surface area contributed by atoms with Crippen LogP contribution in [0.2, 0.25) is 5.02 Å². The molecule has 1 aliphatic rings. The zero-order valence-corrected chi connectivity index (χ0v) is 11.4. The highest BCUT2D eigenvalue weighted by molar-refractivity contribution is 6.30. The summed E-state index contributed by atoms with van der Waals surface area (Å²) in [6.45, 7) is 7.81. The molecule has 0 spiro atoms. The largest absolute Gasteiger partial charge is 0.312 e. The van der Waals surface area contributed by atoms with Crippen molar-refractivity contribution in [1.82, 2.24) is 10.2 Å². The first-order chi connectivity index (χ1) is 8.20. The Hall–Kier alpha value is -0.570. The topological polar surface area (TPSA) is 15.3 Å². The zero-order chi connectivity index (χ0) is 12.3. The van der Waals surface area contributed by atoms with Gasteiger partial charge < -0.3 is 5.32 Å². The number of halogens is 1. The Kier molecular flexibility index (Phi) is 4.43. The third-order valence-corrected chi connectivity index (χ3v) is 3.70. The molecule has 1 aromatic rings. The van der Waals surface area contributed by atoms with Gasteiger partial charge in [-0.1, -0.05) is 30.7 Å². The molecule has 0 bridgehead atoms. The van der Waals surface area contributed by atoms with Crippen molar-refractivity contribution in [2.45, 2.75) is 32.4 Å². The van der Waals surface area contributed by atoms with Crippen molar-refractivity contribution >= 4 is 11.6 Å². The van der Waals surface area contributed by atoms with E-state index < -0.39 is 0 Å². The van der Waals surface area contributed by atoms with Crippen LogP contribution in [0.3, 0.4) is 0 Å². The second kappa shape index (κ2) is 5.85. The molecule has 1 N–H and O–H groups in total. The predicted octanol–water partition coefficient (Wildman–Crippen LogP) is 3.08. The number of benzene rings is 1. The van der Waals surface area contributed by atoms with Gasteiger partial charge in [-0.25, -0.2) is 0 Å². The van der Waals surface area contributed by atoms with Crippen LogP contribution in [-0.4, -0.2) is 30.6 Å².